The van der Waals surface area contributed by atoms with E-state index in [0.717, 1.165) is 18.4 Å². The lowest BCUT2D eigenvalue weighted by Gasteiger charge is -2.24. The van der Waals surface area contributed by atoms with Crippen molar-refractivity contribution in [3.63, 3.8) is 0 Å². The van der Waals surface area contributed by atoms with E-state index in [1.54, 1.807) is 0 Å². The minimum absolute atomic E-state index is 0.109. The van der Waals surface area contributed by atoms with Gasteiger partial charge in [-0.1, -0.05) is 0 Å². The molecule has 1 aliphatic carbocycles. The summed E-state index contributed by atoms with van der Waals surface area (Å²) in [5, 5.41) is 0. The molecule has 2 N–H and O–H groups in total. The molecule has 0 radical (unpaired) electrons. The molecule has 0 saturated heterocycles. The summed E-state index contributed by atoms with van der Waals surface area (Å²) in [6, 6.07) is 2.25. The third-order valence-corrected chi connectivity index (χ3v) is 3.35. The average molecular weight is 220 g/mol. The molecule has 2 rings (SSSR count). The number of fused-ring (bicyclic) bond motifs is 1. The largest absolute Gasteiger partial charge is 0.326 e. The summed E-state index contributed by atoms with van der Waals surface area (Å²) in [7, 11) is 0. The van der Waals surface area contributed by atoms with Crippen LogP contribution in [0.3, 0.4) is 0 Å². The minimum atomic E-state index is 0.109. The van der Waals surface area contributed by atoms with E-state index in [0.29, 0.717) is 6.54 Å². The van der Waals surface area contributed by atoms with Gasteiger partial charge in [-0.05, 0) is 51.2 Å². The highest BCUT2D eigenvalue weighted by Gasteiger charge is 2.18. The van der Waals surface area contributed by atoms with Crippen molar-refractivity contribution in [3.05, 3.63) is 33.2 Å². The van der Waals surface area contributed by atoms with Gasteiger partial charge in [0.15, 0.2) is 0 Å². The van der Waals surface area contributed by atoms with Crippen molar-refractivity contribution in [1.82, 2.24) is 4.57 Å². The summed E-state index contributed by atoms with van der Waals surface area (Å²) < 4.78 is 1.94. The molecular weight excluding hydrogens is 200 g/mol. The molecule has 1 heterocycles. The standard InChI is InChI=1S/C13H20N2O/c1-9(2)15-12-6-4-3-5-10(12)7-11(8-14)13(15)16/h7,9H,3-6,8,14H2,1-2H3. The van der Waals surface area contributed by atoms with Gasteiger partial charge in [0.2, 0.25) is 0 Å². The maximum absolute atomic E-state index is 12.2. The van der Waals surface area contributed by atoms with Crippen LogP contribution in [0.15, 0.2) is 10.9 Å². The highest BCUT2D eigenvalue weighted by atomic mass is 16.1. The normalized spacial score (nSPS) is 15.2. The van der Waals surface area contributed by atoms with E-state index in [1.807, 2.05) is 10.6 Å². The van der Waals surface area contributed by atoms with Gasteiger partial charge in [-0.25, -0.2) is 0 Å². The van der Waals surface area contributed by atoms with E-state index >= 15 is 0 Å². The molecule has 0 spiro atoms. The fourth-order valence-corrected chi connectivity index (χ4v) is 2.59. The smallest absolute Gasteiger partial charge is 0.255 e. The van der Waals surface area contributed by atoms with E-state index in [9.17, 15) is 4.79 Å². The van der Waals surface area contributed by atoms with Gasteiger partial charge in [-0.2, -0.15) is 0 Å². The molecule has 1 aliphatic rings. The zero-order valence-corrected chi connectivity index (χ0v) is 10.1. The average Bonchev–Trinajstić information content (AvgIpc) is 2.27. The molecule has 3 heteroatoms. The van der Waals surface area contributed by atoms with Crippen LogP contribution in [0.5, 0.6) is 0 Å². The molecule has 0 amide bonds. The summed E-state index contributed by atoms with van der Waals surface area (Å²) in [5.41, 5.74) is 9.08. The maximum Gasteiger partial charge on any atom is 0.255 e. The third-order valence-electron chi connectivity index (χ3n) is 3.35. The Bertz CT molecular complexity index is 446. The molecule has 0 saturated carbocycles. The predicted octanol–water partition coefficient (Wildman–Crippen LogP) is 1.77. The second-order valence-electron chi connectivity index (χ2n) is 4.82. The molecular formula is C13H20N2O. The van der Waals surface area contributed by atoms with E-state index in [-0.39, 0.29) is 11.6 Å². The molecule has 0 fully saturated rings. The predicted molar refractivity (Wildman–Crippen MR) is 65.6 cm³/mol. The Kier molecular flexibility index (Phi) is 3.15. The first-order valence-electron chi connectivity index (χ1n) is 6.11. The van der Waals surface area contributed by atoms with Crippen LogP contribution >= 0.6 is 0 Å². The van der Waals surface area contributed by atoms with Gasteiger partial charge in [0.25, 0.3) is 5.56 Å². The summed E-state index contributed by atoms with van der Waals surface area (Å²) in [5.74, 6) is 0. The van der Waals surface area contributed by atoms with Gasteiger partial charge in [0.05, 0.1) is 0 Å². The van der Waals surface area contributed by atoms with Crippen molar-refractivity contribution < 1.29 is 0 Å². The molecule has 88 valence electrons. The maximum atomic E-state index is 12.2. The Morgan fingerprint density at radius 1 is 1.38 bits per heavy atom. The molecule has 0 unspecified atom stereocenters. The first-order valence-corrected chi connectivity index (χ1v) is 6.11. The van der Waals surface area contributed by atoms with Crippen LogP contribution in [0.25, 0.3) is 0 Å². The number of hydrogen-bond donors (Lipinski definition) is 1. The fourth-order valence-electron chi connectivity index (χ4n) is 2.59. The molecule has 0 aliphatic heterocycles. The highest BCUT2D eigenvalue weighted by molar-refractivity contribution is 5.29. The zero-order chi connectivity index (χ0) is 11.7. The second kappa shape index (κ2) is 4.42. The monoisotopic (exact) mass is 220 g/mol. The van der Waals surface area contributed by atoms with Gasteiger partial charge in [-0.15, -0.1) is 0 Å². The van der Waals surface area contributed by atoms with Gasteiger partial charge in [0, 0.05) is 23.8 Å². The zero-order valence-electron chi connectivity index (χ0n) is 10.1. The minimum Gasteiger partial charge on any atom is -0.326 e. The Morgan fingerprint density at radius 2 is 2.06 bits per heavy atom. The van der Waals surface area contributed by atoms with Crippen LogP contribution in [0, 0.1) is 0 Å². The molecule has 0 atom stereocenters. The lowest BCUT2D eigenvalue weighted by Crippen LogP contribution is -2.31. The lowest BCUT2D eigenvalue weighted by molar-refractivity contribution is 0.514. The number of nitrogens with zero attached hydrogens (tertiary/aromatic N) is 1. The Morgan fingerprint density at radius 3 is 2.69 bits per heavy atom. The van der Waals surface area contributed by atoms with E-state index < -0.39 is 0 Å². The van der Waals surface area contributed by atoms with Crippen LogP contribution in [-0.2, 0) is 19.4 Å². The molecule has 0 aromatic carbocycles. The topological polar surface area (TPSA) is 48.0 Å². The van der Waals surface area contributed by atoms with Crippen LogP contribution in [0.2, 0.25) is 0 Å². The second-order valence-corrected chi connectivity index (χ2v) is 4.82. The van der Waals surface area contributed by atoms with Crippen molar-refractivity contribution in [2.24, 2.45) is 5.73 Å². The van der Waals surface area contributed by atoms with Gasteiger partial charge < -0.3 is 10.3 Å². The number of aromatic nitrogens is 1. The van der Waals surface area contributed by atoms with E-state index in [1.165, 1.54) is 24.1 Å². The molecule has 1 aromatic rings. The van der Waals surface area contributed by atoms with Crippen LogP contribution in [0.1, 0.15) is 49.6 Å². The van der Waals surface area contributed by atoms with Crippen LogP contribution in [-0.4, -0.2) is 4.57 Å². The molecule has 0 bridgehead atoms. The van der Waals surface area contributed by atoms with Crippen LogP contribution in [0.4, 0.5) is 0 Å². The van der Waals surface area contributed by atoms with Crippen LogP contribution < -0.4 is 11.3 Å². The van der Waals surface area contributed by atoms with Crippen molar-refractivity contribution in [2.75, 3.05) is 0 Å². The molecule has 16 heavy (non-hydrogen) atoms. The lowest BCUT2D eigenvalue weighted by atomic mass is 9.94. The Labute approximate surface area is 96.3 Å². The number of hydrogen-bond acceptors (Lipinski definition) is 2. The number of aryl methyl sites for hydroxylation is 1. The Hall–Kier alpha value is -1.09. The highest BCUT2D eigenvalue weighted by Crippen LogP contribution is 2.22. The van der Waals surface area contributed by atoms with Crippen molar-refractivity contribution in [2.45, 2.75) is 52.1 Å². The fraction of sp³-hybridized carbons (Fsp3) is 0.615. The van der Waals surface area contributed by atoms with E-state index in [2.05, 4.69) is 13.8 Å². The van der Waals surface area contributed by atoms with E-state index in [4.69, 9.17) is 5.73 Å². The quantitative estimate of drug-likeness (QED) is 0.825. The summed E-state index contributed by atoms with van der Waals surface area (Å²) >= 11 is 0. The summed E-state index contributed by atoms with van der Waals surface area (Å²) in [6.07, 6.45) is 4.55. The third kappa shape index (κ3) is 1.80. The summed E-state index contributed by atoms with van der Waals surface area (Å²) in [4.78, 5) is 12.2. The van der Waals surface area contributed by atoms with Gasteiger partial charge in [0.1, 0.15) is 0 Å². The van der Waals surface area contributed by atoms with Gasteiger partial charge in [-0.3, -0.25) is 4.79 Å². The number of nitrogens with two attached hydrogens (primary N) is 1. The first kappa shape index (κ1) is 11.4. The molecule has 1 aromatic heterocycles. The number of rotatable bonds is 2. The summed E-state index contributed by atoms with van der Waals surface area (Å²) in [6.45, 7) is 4.48. The number of pyridine rings is 1. The van der Waals surface area contributed by atoms with Crippen molar-refractivity contribution in [3.8, 4) is 0 Å². The first-order chi connectivity index (χ1) is 7.65. The van der Waals surface area contributed by atoms with Gasteiger partial charge >= 0.3 is 0 Å². The van der Waals surface area contributed by atoms with Crippen molar-refractivity contribution in [1.29, 1.82) is 0 Å². The SMILES string of the molecule is CC(C)n1c2c(cc(CN)c1=O)CCCC2. The molecule has 3 nitrogen and oxygen atoms in total. The Balaban J connectivity index is 2.67. The van der Waals surface area contributed by atoms with Crippen molar-refractivity contribution >= 4 is 0 Å².